The molecule has 8 heteroatoms. The highest BCUT2D eigenvalue weighted by atomic mass is 32.2. The number of nitrogens with one attached hydrogen (secondary N) is 2. The van der Waals surface area contributed by atoms with Gasteiger partial charge in [0.15, 0.2) is 0 Å². The third-order valence-corrected chi connectivity index (χ3v) is 9.20. The number of aromatic nitrogens is 2. The van der Waals surface area contributed by atoms with E-state index in [1.165, 1.54) is 25.7 Å². The van der Waals surface area contributed by atoms with Crippen LogP contribution in [0.1, 0.15) is 51.4 Å². The van der Waals surface area contributed by atoms with Gasteiger partial charge in [0.25, 0.3) is 0 Å². The molecule has 194 valence electrons. The van der Waals surface area contributed by atoms with E-state index in [2.05, 4.69) is 20.0 Å². The van der Waals surface area contributed by atoms with Crippen molar-refractivity contribution in [2.75, 3.05) is 24.1 Å². The third kappa shape index (κ3) is 5.86. The summed E-state index contributed by atoms with van der Waals surface area (Å²) in [7, 11) is -3.56. The fourth-order valence-electron chi connectivity index (χ4n) is 5.77. The zero-order chi connectivity index (χ0) is 25.7. The first-order valence-electron chi connectivity index (χ1n) is 13.2. The summed E-state index contributed by atoms with van der Waals surface area (Å²) in [5.74, 6) is 1.06. The number of anilines is 2. The molecule has 0 amide bonds. The van der Waals surface area contributed by atoms with Crippen molar-refractivity contribution in [3.8, 4) is 0 Å². The summed E-state index contributed by atoms with van der Waals surface area (Å²) >= 11 is 0. The molecular weight excluding hydrogens is 482 g/mol. The summed E-state index contributed by atoms with van der Waals surface area (Å²) in [4.78, 5) is 9.34. The van der Waals surface area contributed by atoms with Crippen LogP contribution >= 0.6 is 0 Å². The van der Waals surface area contributed by atoms with Crippen LogP contribution in [0.3, 0.4) is 0 Å². The molecule has 0 saturated heterocycles. The molecular formula is C29H35N5O2S. The van der Waals surface area contributed by atoms with Crippen LogP contribution in [-0.2, 0) is 10.0 Å². The summed E-state index contributed by atoms with van der Waals surface area (Å²) in [5, 5.41) is 5.90. The molecule has 1 heterocycles. The van der Waals surface area contributed by atoms with Crippen LogP contribution in [0.5, 0.6) is 0 Å². The Kier molecular flexibility index (Phi) is 7.58. The van der Waals surface area contributed by atoms with Crippen LogP contribution < -0.4 is 15.8 Å². The lowest BCUT2D eigenvalue weighted by Gasteiger charge is -2.29. The van der Waals surface area contributed by atoms with Crippen LogP contribution in [-0.4, -0.2) is 31.5 Å². The number of sulfonamides is 1. The van der Waals surface area contributed by atoms with Crippen molar-refractivity contribution in [1.82, 2.24) is 14.7 Å². The molecule has 0 atom stereocenters. The molecule has 3 aromatic carbocycles. The number of benzene rings is 3. The molecule has 5 rings (SSSR count). The van der Waals surface area contributed by atoms with Crippen molar-refractivity contribution in [3.05, 3.63) is 66.7 Å². The number of nitrogens with two attached hydrogens (primary N) is 1. The number of hydrogen-bond donors (Lipinski definition) is 3. The molecule has 0 spiro atoms. The van der Waals surface area contributed by atoms with E-state index in [1.807, 2.05) is 54.6 Å². The lowest BCUT2D eigenvalue weighted by atomic mass is 9.77. The molecule has 1 aliphatic carbocycles. The van der Waals surface area contributed by atoms with Crippen molar-refractivity contribution in [1.29, 1.82) is 0 Å². The van der Waals surface area contributed by atoms with Gasteiger partial charge in [0.1, 0.15) is 5.82 Å². The molecule has 1 aliphatic rings. The number of rotatable bonds is 11. The number of nitrogens with zero attached hydrogens (tertiary/aromatic N) is 2. The lowest BCUT2D eigenvalue weighted by molar-refractivity contribution is 0.238. The number of para-hydroxylation sites is 1. The molecule has 4 N–H and O–H groups in total. The average Bonchev–Trinajstić information content (AvgIpc) is 3.38. The molecule has 0 aliphatic heterocycles. The van der Waals surface area contributed by atoms with Gasteiger partial charge in [0.05, 0.1) is 10.4 Å². The Morgan fingerprint density at radius 2 is 1.49 bits per heavy atom. The second-order valence-electron chi connectivity index (χ2n) is 10.2. The Morgan fingerprint density at radius 3 is 2.30 bits per heavy atom. The van der Waals surface area contributed by atoms with Gasteiger partial charge in [0.2, 0.25) is 16.0 Å². The van der Waals surface area contributed by atoms with E-state index >= 15 is 0 Å². The second-order valence-corrected chi connectivity index (χ2v) is 11.9. The fraction of sp³-hybridized carbons (Fsp3) is 0.379. The summed E-state index contributed by atoms with van der Waals surface area (Å²) in [6.45, 7) is 1.24. The minimum absolute atomic E-state index is 0.288. The Bertz CT molecular complexity index is 1480. The maximum Gasteiger partial charge on any atom is 0.241 e. The summed E-state index contributed by atoms with van der Waals surface area (Å²) < 4.78 is 28.9. The molecule has 1 fully saturated rings. The Balaban J connectivity index is 1.13. The van der Waals surface area contributed by atoms with Gasteiger partial charge in [-0.05, 0) is 67.5 Å². The third-order valence-electron chi connectivity index (χ3n) is 7.68. The van der Waals surface area contributed by atoms with E-state index in [9.17, 15) is 8.42 Å². The predicted octanol–water partition coefficient (Wildman–Crippen LogP) is 5.88. The number of fused-ring (bicyclic) bond motifs is 2. The first-order valence-corrected chi connectivity index (χ1v) is 14.7. The van der Waals surface area contributed by atoms with Gasteiger partial charge in [-0.25, -0.2) is 18.1 Å². The highest BCUT2D eigenvalue weighted by Gasteiger charge is 2.32. The van der Waals surface area contributed by atoms with E-state index in [1.54, 1.807) is 12.1 Å². The topological polar surface area (TPSA) is 110 Å². The van der Waals surface area contributed by atoms with Crippen LogP contribution in [0.25, 0.3) is 21.7 Å². The first-order chi connectivity index (χ1) is 18.0. The highest BCUT2D eigenvalue weighted by molar-refractivity contribution is 7.89. The van der Waals surface area contributed by atoms with E-state index < -0.39 is 10.0 Å². The Labute approximate surface area is 219 Å². The fourth-order valence-corrected chi connectivity index (χ4v) is 7.07. The van der Waals surface area contributed by atoms with Crippen molar-refractivity contribution in [3.63, 3.8) is 0 Å². The van der Waals surface area contributed by atoms with Gasteiger partial charge >= 0.3 is 0 Å². The molecule has 1 aromatic heterocycles. The molecule has 0 bridgehead atoms. The standard InChI is InChI=1S/C29H35N5O2S/c30-27-24-13-3-4-14-25(24)33-28(34-27)31-20-8-18-29(16-5-6-17-29)19-9-21-32-37(35,36)26-15-7-11-22-10-1-2-12-23(22)26/h1-4,7,10-15,32H,5-6,8-9,16-21H2,(H3,30,31,33,34). The minimum atomic E-state index is -3.56. The molecule has 0 radical (unpaired) electrons. The van der Waals surface area contributed by atoms with E-state index in [0.29, 0.717) is 23.2 Å². The van der Waals surface area contributed by atoms with Gasteiger partial charge < -0.3 is 11.1 Å². The monoisotopic (exact) mass is 517 g/mol. The molecule has 37 heavy (non-hydrogen) atoms. The molecule has 7 nitrogen and oxygen atoms in total. The van der Waals surface area contributed by atoms with Gasteiger partial charge in [-0.3, -0.25) is 0 Å². The molecule has 0 unspecified atom stereocenters. The zero-order valence-corrected chi connectivity index (χ0v) is 21.9. The van der Waals surface area contributed by atoms with Crippen LogP contribution in [0.4, 0.5) is 11.8 Å². The van der Waals surface area contributed by atoms with Crippen molar-refractivity contribution >= 4 is 43.5 Å². The van der Waals surface area contributed by atoms with Crippen molar-refractivity contribution in [2.24, 2.45) is 5.41 Å². The SMILES string of the molecule is Nc1nc(NCCCC2(CCCNS(=O)(=O)c3cccc4ccccc34)CCCC2)nc2ccccc12. The summed E-state index contributed by atoms with van der Waals surface area (Å²) in [5.41, 5.74) is 7.24. The van der Waals surface area contributed by atoms with Gasteiger partial charge in [-0.1, -0.05) is 61.4 Å². The van der Waals surface area contributed by atoms with Crippen molar-refractivity contribution < 1.29 is 8.42 Å². The maximum absolute atomic E-state index is 13.0. The minimum Gasteiger partial charge on any atom is -0.383 e. The van der Waals surface area contributed by atoms with Gasteiger partial charge in [-0.2, -0.15) is 4.98 Å². The predicted molar refractivity (Wildman–Crippen MR) is 151 cm³/mol. The van der Waals surface area contributed by atoms with Crippen LogP contribution in [0.15, 0.2) is 71.6 Å². The highest BCUT2D eigenvalue weighted by Crippen LogP contribution is 2.45. The maximum atomic E-state index is 13.0. The van der Waals surface area contributed by atoms with E-state index in [0.717, 1.165) is 53.9 Å². The van der Waals surface area contributed by atoms with Crippen LogP contribution in [0, 0.1) is 5.41 Å². The average molecular weight is 518 g/mol. The number of hydrogen-bond acceptors (Lipinski definition) is 6. The quantitative estimate of drug-likeness (QED) is 0.214. The van der Waals surface area contributed by atoms with Gasteiger partial charge in [0, 0.05) is 23.9 Å². The normalized spacial score (nSPS) is 15.4. The first kappa shape index (κ1) is 25.4. The van der Waals surface area contributed by atoms with Gasteiger partial charge in [-0.15, -0.1) is 0 Å². The Hall–Kier alpha value is -3.23. The van der Waals surface area contributed by atoms with Crippen molar-refractivity contribution in [2.45, 2.75) is 56.3 Å². The zero-order valence-electron chi connectivity index (χ0n) is 21.1. The summed E-state index contributed by atoms with van der Waals surface area (Å²) in [6, 6.07) is 20.8. The smallest absolute Gasteiger partial charge is 0.241 e. The second kappa shape index (κ2) is 11.0. The largest absolute Gasteiger partial charge is 0.383 e. The Morgan fingerprint density at radius 1 is 0.811 bits per heavy atom. The van der Waals surface area contributed by atoms with E-state index in [-0.39, 0.29) is 5.41 Å². The lowest BCUT2D eigenvalue weighted by Crippen LogP contribution is -2.27. The molecule has 1 saturated carbocycles. The molecule has 4 aromatic rings. The summed E-state index contributed by atoms with van der Waals surface area (Å²) in [6.07, 6.45) is 8.91. The number of nitrogen functional groups attached to an aromatic ring is 1. The van der Waals surface area contributed by atoms with Crippen LogP contribution in [0.2, 0.25) is 0 Å². The van der Waals surface area contributed by atoms with E-state index in [4.69, 9.17) is 5.73 Å².